The van der Waals surface area contributed by atoms with Crippen molar-refractivity contribution in [3.05, 3.63) is 42.0 Å². The molecular formula is C18H18N6. The van der Waals surface area contributed by atoms with Crippen LogP contribution in [0.4, 0.5) is 11.6 Å². The third kappa shape index (κ3) is 2.20. The lowest BCUT2D eigenvalue weighted by Crippen LogP contribution is -2.69. The zero-order chi connectivity index (χ0) is 16.1. The molecule has 1 saturated carbocycles. The molecule has 5 heterocycles. The van der Waals surface area contributed by atoms with Crippen LogP contribution in [0, 0.1) is 11.3 Å². The van der Waals surface area contributed by atoms with Gasteiger partial charge in [-0.05, 0) is 31.4 Å². The van der Waals surface area contributed by atoms with Crippen LogP contribution in [0.25, 0.3) is 0 Å². The second kappa shape index (κ2) is 5.17. The molecule has 2 unspecified atom stereocenters. The van der Waals surface area contributed by atoms with Gasteiger partial charge in [-0.25, -0.2) is 15.0 Å². The molecule has 4 aliphatic rings. The summed E-state index contributed by atoms with van der Waals surface area (Å²) < 4.78 is 0. The molecule has 24 heavy (non-hydrogen) atoms. The van der Waals surface area contributed by atoms with E-state index in [1.54, 1.807) is 12.5 Å². The predicted molar refractivity (Wildman–Crippen MR) is 89.8 cm³/mol. The first-order valence-corrected chi connectivity index (χ1v) is 8.53. The lowest BCUT2D eigenvalue weighted by atomic mass is 9.87. The van der Waals surface area contributed by atoms with E-state index in [4.69, 9.17) is 5.26 Å². The highest BCUT2D eigenvalue weighted by Gasteiger charge is 2.45. The second-order valence-corrected chi connectivity index (χ2v) is 6.95. The maximum Gasteiger partial charge on any atom is 0.132 e. The molecule has 4 fully saturated rings. The van der Waals surface area contributed by atoms with Gasteiger partial charge in [0.15, 0.2) is 0 Å². The van der Waals surface area contributed by atoms with E-state index >= 15 is 0 Å². The van der Waals surface area contributed by atoms with Crippen molar-refractivity contribution in [2.75, 3.05) is 22.9 Å². The highest BCUT2D eigenvalue weighted by Crippen LogP contribution is 2.41. The van der Waals surface area contributed by atoms with Crippen molar-refractivity contribution in [3.63, 3.8) is 0 Å². The Hall–Kier alpha value is -2.68. The molecule has 0 radical (unpaired) electrons. The van der Waals surface area contributed by atoms with E-state index in [2.05, 4.69) is 36.9 Å². The van der Waals surface area contributed by atoms with Gasteiger partial charge in [-0.2, -0.15) is 5.26 Å². The van der Waals surface area contributed by atoms with Gasteiger partial charge in [-0.1, -0.05) is 0 Å². The molecule has 0 amide bonds. The van der Waals surface area contributed by atoms with E-state index in [9.17, 15) is 0 Å². The van der Waals surface area contributed by atoms with E-state index in [0.29, 0.717) is 23.6 Å². The van der Waals surface area contributed by atoms with E-state index in [-0.39, 0.29) is 0 Å². The van der Waals surface area contributed by atoms with Crippen LogP contribution in [0.5, 0.6) is 0 Å². The molecule has 2 atom stereocenters. The summed E-state index contributed by atoms with van der Waals surface area (Å²) in [4.78, 5) is 18.1. The molecule has 2 aromatic rings. The number of piperazine rings is 1. The minimum absolute atomic E-state index is 0.475. The number of fused-ring (bicyclic) bond motifs is 2. The summed E-state index contributed by atoms with van der Waals surface area (Å²) in [6.07, 6.45) is 7.11. The van der Waals surface area contributed by atoms with Gasteiger partial charge in [0.2, 0.25) is 0 Å². The summed E-state index contributed by atoms with van der Waals surface area (Å²) >= 11 is 0. The Kier molecular flexibility index (Phi) is 2.96. The van der Waals surface area contributed by atoms with Crippen molar-refractivity contribution >= 4 is 11.6 Å². The SMILES string of the molecule is N#Cc1ccc(N2C3CC2CN(c2cc(C4CC4)ncn2)C3)nc1. The van der Waals surface area contributed by atoms with Crippen LogP contribution in [-0.4, -0.2) is 40.1 Å². The Balaban J connectivity index is 1.33. The molecule has 1 aliphatic carbocycles. The molecule has 120 valence electrons. The van der Waals surface area contributed by atoms with Gasteiger partial charge >= 0.3 is 0 Å². The first-order chi connectivity index (χ1) is 11.8. The monoisotopic (exact) mass is 318 g/mol. The number of rotatable bonds is 3. The lowest BCUT2D eigenvalue weighted by Gasteiger charge is -2.57. The van der Waals surface area contributed by atoms with Crippen LogP contribution >= 0.6 is 0 Å². The fourth-order valence-corrected chi connectivity index (χ4v) is 3.91. The number of aromatic nitrogens is 3. The molecular weight excluding hydrogens is 300 g/mol. The summed E-state index contributed by atoms with van der Waals surface area (Å²) in [6, 6.07) is 9.06. The van der Waals surface area contributed by atoms with Gasteiger partial charge in [-0.3, -0.25) is 0 Å². The minimum atomic E-state index is 0.475. The normalized spacial score (nSPS) is 25.1. The fraction of sp³-hybridized carbons (Fsp3) is 0.444. The molecule has 2 bridgehead atoms. The zero-order valence-electron chi connectivity index (χ0n) is 13.3. The molecule has 6 rings (SSSR count). The fourth-order valence-electron chi connectivity index (χ4n) is 3.91. The Bertz CT molecular complexity index is 795. The zero-order valence-corrected chi connectivity index (χ0v) is 13.3. The van der Waals surface area contributed by atoms with E-state index in [1.807, 2.05) is 12.1 Å². The summed E-state index contributed by atoms with van der Waals surface area (Å²) in [5, 5.41) is 8.90. The smallest absolute Gasteiger partial charge is 0.132 e. The van der Waals surface area contributed by atoms with Crippen molar-refractivity contribution in [3.8, 4) is 6.07 Å². The van der Waals surface area contributed by atoms with Crippen molar-refractivity contribution in [2.45, 2.75) is 37.3 Å². The largest absolute Gasteiger partial charge is 0.352 e. The Labute approximate surface area is 140 Å². The summed E-state index contributed by atoms with van der Waals surface area (Å²) in [7, 11) is 0. The molecule has 0 N–H and O–H groups in total. The molecule has 6 heteroatoms. The first kappa shape index (κ1) is 13.7. The van der Waals surface area contributed by atoms with Crippen molar-refractivity contribution in [1.82, 2.24) is 15.0 Å². The molecule has 6 nitrogen and oxygen atoms in total. The minimum Gasteiger partial charge on any atom is -0.352 e. The van der Waals surface area contributed by atoms with Gasteiger partial charge < -0.3 is 9.80 Å². The number of anilines is 2. The third-order valence-corrected chi connectivity index (χ3v) is 5.33. The van der Waals surface area contributed by atoms with Crippen LogP contribution in [-0.2, 0) is 0 Å². The first-order valence-electron chi connectivity index (χ1n) is 8.53. The number of pyridine rings is 1. The number of hydrogen-bond donors (Lipinski definition) is 0. The van der Waals surface area contributed by atoms with Crippen LogP contribution in [0.3, 0.4) is 0 Å². The van der Waals surface area contributed by atoms with Crippen molar-refractivity contribution in [2.24, 2.45) is 0 Å². The van der Waals surface area contributed by atoms with Crippen molar-refractivity contribution in [1.29, 1.82) is 5.26 Å². The van der Waals surface area contributed by atoms with Crippen LogP contribution in [0.2, 0.25) is 0 Å². The quantitative estimate of drug-likeness (QED) is 0.863. The standard InChI is InChI=1S/C18H18N6/c19-7-12-1-4-17(20-8-12)24-14-5-15(24)10-23(9-14)18-6-16(13-2-3-13)21-11-22-18/h1,4,6,8,11,13-15H,2-3,5,9-10H2. The maximum absolute atomic E-state index is 8.90. The topological polar surface area (TPSA) is 68.9 Å². The molecule has 0 spiro atoms. The Morgan fingerprint density at radius 3 is 2.54 bits per heavy atom. The van der Waals surface area contributed by atoms with Gasteiger partial charge in [0.25, 0.3) is 0 Å². The Morgan fingerprint density at radius 1 is 1.04 bits per heavy atom. The highest BCUT2D eigenvalue weighted by atomic mass is 15.4. The van der Waals surface area contributed by atoms with Gasteiger partial charge in [0.1, 0.15) is 24.0 Å². The average Bonchev–Trinajstić information content (AvgIpc) is 3.48. The predicted octanol–water partition coefficient (Wildman–Crippen LogP) is 2.09. The lowest BCUT2D eigenvalue weighted by molar-refractivity contribution is 0.288. The van der Waals surface area contributed by atoms with E-state index in [1.165, 1.54) is 25.0 Å². The Morgan fingerprint density at radius 2 is 1.88 bits per heavy atom. The van der Waals surface area contributed by atoms with Gasteiger partial charge in [-0.15, -0.1) is 0 Å². The number of nitriles is 1. The van der Waals surface area contributed by atoms with Crippen molar-refractivity contribution < 1.29 is 0 Å². The highest BCUT2D eigenvalue weighted by molar-refractivity contribution is 5.53. The molecule has 0 aromatic carbocycles. The third-order valence-electron chi connectivity index (χ3n) is 5.33. The van der Waals surface area contributed by atoms with Crippen LogP contribution in [0.1, 0.15) is 36.4 Å². The summed E-state index contributed by atoms with van der Waals surface area (Å²) in [5.74, 6) is 2.70. The summed E-state index contributed by atoms with van der Waals surface area (Å²) in [6.45, 7) is 1.94. The summed E-state index contributed by atoms with van der Waals surface area (Å²) in [5.41, 5.74) is 1.81. The average molecular weight is 318 g/mol. The van der Waals surface area contributed by atoms with Gasteiger partial charge in [0, 0.05) is 37.0 Å². The molecule has 3 saturated heterocycles. The van der Waals surface area contributed by atoms with E-state index in [0.717, 1.165) is 24.7 Å². The maximum atomic E-state index is 8.90. The van der Waals surface area contributed by atoms with Crippen LogP contribution < -0.4 is 9.80 Å². The van der Waals surface area contributed by atoms with E-state index < -0.39 is 0 Å². The van der Waals surface area contributed by atoms with Gasteiger partial charge in [0.05, 0.1) is 17.6 Å². The number of nitrogens with zero attached hydrogens (tertiary/aromatic N) is 6. The van der Waals surface area contributed by atoms with Crippen LogP contribution in [0.15, 0.2) is 30.7 Å². The molecule has 3 aliphatic heterocycles. The number of piperidine rings is 1. The molecule has 2 aromatic heterocycles. The number of hydrogen-bond acceptors (Lipinski definition) is 6. The second-order valence-electron chi connectivity index (χ2n) is 6.95.